The molecule has 5 nitrogen and oxygen atoms in total. The Balaban J connectivity index is 1.32. The monoisotopic (exact) mass is 340 g/mol. The molecule has 1 aliphatic heterocycles. The van der Waals surface area contributed by atoms with Gasteiger partial charge in [0.05, 0.1) is 17.6 Å². The zero-order valence-corrected chi connectivity index (χ0v) is 15.2. The Morgan fingerprint density at radius 3 is 2.56 bits per heavy atom. The summed E-state index contributed by atoms with van der Waals surface area (Å²) >= 11 is 0. The molecular weight excluding hydrogens is 312 g/mol. The Hall–Kier alpha value is -1.88. The molecule has 1 aromatic heterocycles. The lowest BCUT2D eigenvalue weighted by atomic mass is 10.0. The van der Waals surface area contributed by atoms with Crippen LogP contribution in [0, 0.1) is 5.92 Å². The lowest BCUT2D eigenvalue weighted by molar-refractivity contribution is -0.134. The summed E-state index contributed by atoms with van der Waals surface area (Å²) in [5, 5.41) is 0. The van der Waals surface area contributed by atoms with Crippen molar-refractivity contribution < 1.29 is 4.79 Å². The predicted molar refractivity (Wildman–Crippen MR) is 99.1 cm³/mol. The first kappa shape index (κ1) is 16.6. The van der Waals surface area contributed by atoms with Crippen LogP contribution in [0.25, 0.3) is 11.0 Å². The first-order valence-corrected chi connectivity index (χ1v) is 9.61. The number of aromatic nitrogens is 2. The van der Waals surface area contributed by atoms with E-state index in [9.17, 15) is 4.79 Å². The van der Waals surface area contributed by atoms with Crippen LogP contribution in [-0.4, -0.2) is 51.4 Å². The third-order valence-corrected chi connectivity index (χ3v) is 5.91. The van der Waals surface area contributed by atoms with Crippen molar-refractivity contribution in [2.75, 3.05) is 26.2 Å². The predicted octanol–water partition coefficient (Wildman–Crippen LogP) is 2.80. The van der Waals surface area contributed by atoms with Crippen LogP contribution in [0.15, 0.2) is 24.3 Å². The molecule has 1 amide bonds. The highest BCUT2D eigenvalue weighted by Gasteiger charge is 2.25. The Morgan fingerprint density at radius 1 is 1.12 bits per heavy atom. The number of hydrogen-bond acceptors (Lipinski definition) is 3. The van der Waals surface area contributed by atoms with E-state index >= 15 is 0 Å². The second-order valence-corrected chi connectivity index (χ2v) is 7.59. The van der Waals surface area contributed by atoms with Crippen molar-refractivity contribution in [3.05, 3.63) is 30.1 Å². The number of rotatable bonds is 4. The normalized spacial score (nSPS) is 19.8. The van der Waals surface area contributed by atoms with E-state index in [-0.39, 0.29) is 0 Å². The van der Waals surface area contributed by atoms with Crippen LogP contribution >= 0.6 is 0 Å². The van der Waals surface area contributed by atoms with Gasteiger partial charge < -0.3 is 9.47 Å². The van der Waals surface area contributed by atoms with Gasteiger partial charge in [0.25, 0.3) is 0 Å². The van der Waals surface area contributed by atoms with Gasteiger partial charge in [-0.05, 0) is 30.9 Å². The van der Waals surface area contributed by atoms with Gasteiger partial charge in [-0.1, -0.05) is 25.0 Å². The van der Waals surface area contributed by atoms with Crippen molar-refractivity contribution in [2.45, 2.75) is 38.6 Å². The summed E-state index contributed by atoms with van der Waals surface area (Å²) in [7, 11) is 2.09. The van der Waals surface area contributed by atoms with Gasteiger partial charge >= 0.3 is 0 Å². The Kier molecular flexibility index (Phi) is 4.75. The molecule has 5 heteroatoms. The molecule has 1 saturated carbocycles. The largest absolute Gasteiger partial charge is 0.340 e. The van der Waals surface area contributed by atoms with Crippen molar-refractivity contribution >= 4 is 16.9 Å². The number of para-hydroxylation sites is 2. The minimum atomic E-state index is 0.370. The number of aryl methyl sites for hydroxylation is 1. The maximum absolute atomic E-state index is 12.5. The second kappa shape index (κ2) is 7.16. The highest BCUT2D eigenvalue weighted by Crippen LogP contribution is 2.28. The van der Waals surface area contributed by atoms with Crippen molar-refractivity contribution in [3.63, 3.8) is 0 Å². The molecule has 0 radical (unpaired) electrons. The molecule has 2 heterocycles. The van der Waals surface area contributed by atoms with Gasteiger partial charge in [0, 0.05) is 39.6 Å². The molecule has 0 atom stereocenters. The number of carbonyl (C=O) groups is 1. The van der Waals surface area contributed by atoms with Gasteiger partial charge in [-0.3, -0.25) is 9.69 Å². The zero-order chi connectivity index (χ0) is 17.2. The Morgan fingerprint density at radius 2 is 1.84 bits per heavy atom. The number of amides is 1. The second-order valence-electron chi connectivity index (χ2n) is 7.59. The van der Waals surface area contributed by atoms with E-state index in [1.165, 1.54) is 31.2 Å². The molecule has 0 N–H and O–H groups in total. The fraction of sp³-hybridized carbons (Fsp3) is 0.600. The van der Waals surface area contributed by atoms with E-state index in [2.05, 4.69) is 39.6 Å². The molecule has 0 unspecified atom stereocenters. The van der Waals surface area contributed by atoms with E-state index in [0.717, 1.165) is 50.5 Å². The first-order chi connectivity index (χ1) is 12.2. The van der Waals surface area contributed by atoms with Gasteiger partial charge in [0.1, 0.15) is 5.82 Å². The molecule has 2 aromatic rings. The number of fused-ring (bicyclic) bond motifs is 1. The number of piperazine rings is 1. The van der Waals surface area contributed by atoms with E-state index in [1.807, 2.05) is 6.07 Å². The first-order valence-electron chi connectivity index (χ1n) is 9.61. The molecule has 4 rings (SSSR count). The van der Waals surface area contributed by atoms with Gasteiger partial charge in [0.2, 0.25) is 5.91 Å². The number of benzene rings is 1. The fourth-order valence-corrected chi connectivity index (χ4v) is 4.28. The number of nitrogens with zero attached hydrogens (tertiary/aromatic N) is 4. The third kappa shape index (κ3) is 3.56. The van der Waals surface area contributed by atoms with Crippen LogP contribution in [0.3, 0.4) is 0 Å². The van der Waals surface area contributed by atoms with Crippen molar-refractivity contribution in [1.29, 1.82) is 0 Å². The van der Waals surface area contributed by atoms with E-state index in [1.54, 1.807) is 0 Å². The molecule has 134 valence electrons. The highest BCUT2D eigenvalue weighted by atomic mass is 16.2. The molecule has 25 heavy (non-hydrogen) atoms. The summed E-state index contributed by atoms with van der Waals surface area (Å²) in [6.07, 6.45) is 5.88. The third-order valence-electron chi connectivity index (χ3n) is 5.91. The van der Waals surface area contributed by atoms with E-state index in [4.69, 9.17) is 4.98 Å². The SMILES string of the molecule is Cn1c(CN2CCN(C(=O)CC3CCCC3)CC2)nc2ccccc21. The van der Waals surface area contributed by atoms with Crippen LogP contribution in [0.5, 0.6) is 0 Å². The Bertz CT molecular complexity index is 739. The van der Waals surface area contributed by atoms with Crippen LogP contribution in [0.1, 0.15) is 37.9 Å². The molecule has 0 spiro atoms. The number of carbonyl (C=O) groups excluding carboxylic acids is 1. The molecule has 2 fully saturated rings. The standard InChI is InChI=1S/C20H28N4O/c1-22-18-9-5-4-8-17(18)21-19(22)15-23-10-12-24(13-11-23)20(25)14-16-6-2-3-7-16/h4-5,8-9,16H,2-3,6-7,10-15H2,1H3. The molecule has 2 aliphatic rings. The van der Waals surface area contributed by atoms with Crippen molar-refractivity contribution in [2.24, 2.45) is 13.0 Å². The van der Waals surface area contributed by atoms with E-state index < -0.39 is 0 Å². The van der Waals surface area contributed by atoms with E-state index in [0.29, 0.717) is 11.8 Å². The number of imidazole rings is 1. The maximum atomic E-state index is 12.5. The summed E-state index contributed by atoms with van der Waals surface area (Å²) in [5.41, 5.74) is 2.24. The topological polar surface area (TPSA) is 41.4 Å². The molecule has 1 aromatic carbocycles. The lowest BCUT2D eigenvalue weighted by Crippen LogP contribution is -2.48. The molecule has 0 bridgehead atoms. The van der Waals surface area contributed by atoms with Crippen LogP contribution < -0.4 is 0 Å². The fourth-order valence-electron chi connectivity index (χ4n) is 4.28. The summed E-state index contributed by atoms with van der Waals surface area (Å²) in [5.74, 6) is 2.12. The van der Waals surface area contributed by atoms with Gasteiger partial charge in [-0.25, -0.2) is 4.98 Å². The van der Waals surface area contributed by atoms with Gasteiger partial charge in [0.15, 0.2) is 0 Å². The quantitative estimate of drug-likeness (QED) is 0.859. The van der Waals surface area contributed by atoms with Gasteiger partial charge in [-0.15, -0.1) is 0 Å². The average Bonchev–Trinajstić information content (AvgIpc) is 3.24. The average molecular weight is 340 g/mol. The molecule has 1 saturated heterocycles. The maximum Gasteiger partial charge on any atom is 0.222 e. The summed E-state index contributed by atoms with van der Waals surface area (Å²) in [4.78, 5) is 21.7. The summed E-state index contributed by atoms with van der Waals surface area (Å²) < 4.78 is 2.19. The molecule has 1 aliphatic carbocycles. The minimum Gasteiger partial charge on any atom is -0.340 e. The van der Waals surface area contributed by atoms with Crippen molar-refractivity contribution in [3.8, 4) is 0 Å². The van der Waals surface area contributed by atoms with Crippen LogP contribution in [0.4, 0.5) is 0 Å². The summed E-state index contributed by atoms with van der Waals surface area (Å²) in [6.45, 7) is 4.46. The minimum absolute atomic E-state index is 0.370. The van der Waals surface area contributed by atoms with Gasteiger partial charge in [-0.2, -0.15) is 0 Å². The van der Waals surface area contributed by atoms with Crippen LogP contribution in [-0.2, 0) is 18.4 Å². The van der Waals surface area contributed by atoms with Crippen molar-refractivity contribution in [1.82, 2.24) is 19.4 Å². The molecular formula is C20H28N4O. The zero-order valence-electron chi connectivity index (χ0n) is 15.2. The Labute approximate surface area is 149 Å². The summed E-state index contributed by atoms with van der Waals surface area (Å²) in [6, 6.07) is 8.28. The van der Waals surface area contributed by atoms with Crippen LogP contribution in [0.2, 0.25) is 0 Å². The highest BCUT2D eigenvalue weighted by molar-refractivity contribution is 5.77. The smallest absolute Gasteiger partial charge is 0.222 e. The lowest BCUT2D eigenvalue weighted by Gasteiger charge is -2.35. The number of hydrogen-bond donors (Lipinski definition) is 0.